The molecule has 0 radical (unpaired) electrons. The van der Waals surface area contributed by atoms with Crippen LogP contribution in [0.3, 0.4) is 0 Å². The van der Waals surface area contributed by atoms with Crippen molar-refractivity contribution in [2.75, 3.05) is 7.05 Å². The number of aromatic nitrogens is 3. The summed E-state index contributed by atoms with van der Waals surface area (Å²) in [5.74, 6) is 1.61. The van der Waals surface area contributed by atoms with Crippen LogP contribution in [0.1, 0.15) is 53.8 Å². The maximum Gasteiger partial charge on any atom is 0.270 e. The lowest BCUT2D eigenvalue weighted by Crippen LogP contribution is -2.27. The SMILES string of the molecule is CN(Cc1noc(C2CCCC2)n1)C(=O)c1ccc[nH]1. The monoisotopic (exact) mass is 274 g/mol. The number of carbonyl (C=O) groups is 1. The number of H-pyrrole nitrogens is 1. The summed E-state index contributed by atoms with van der Waals surface area (Å²) < 4.78 is 5.31. The summed E-state index contributed by atoms with van der Waals surface area (Å²) in [5, 5.41) is 3.97. The van der Waals surface area contributed by atoms with Crippen molar-refractivity contribution in [1.82, 2.24) is 20.0 Å². The molecule has 2 aromatic heterocycles. The second kappa shape index (κ2) is 5.48. The molecule has 0 bridgehead atoms. The van der Waals surface area contributed by atoms with Crippen molar-refractivity contribution in [2.24, 2.45) is 0 Å². The lowest BCUT2D eigenvalue weighted by molar-refractivity contribution is 0.0775. The molecule has 0 aliphatic heterocycles. The summed E-state index contributed by atoms with van der Waals surface area (Å²) in [5.41, 5.74) is 0.562. The minimum atomic E-state index is -0.0813. The second-order valence-electron chi connectivity index (χ2n) is 5.28. The molecule has 6 heteroatoms. The van der Waals surface area contributed by atoms with E-state index in [4.69, 9.17) is 4.52 Å². The molecule has 2 heterocycles. The zero-order valence-corrected chi connectivity index (χ0v) is 11.5. The third-order valence-corrected chi connectivity index (χ3v) is 3.74. The second-order valence-corrected chi connectivity index (χ2v) is 5.28. The summed E-state index contributed by atoms with van der Waals surface area (Å²) in [7, 11) is 1.73. The first-order valence-corrected chi connectivity index (χ1v) is 6.95. The zero-order valence-electron chi connectivity index (χ0n) is 11.5. The van der Waals surface area contributed by atoms with E-state index in [1.54, 1.807) is 30.3 Å². The fourth-order valence-corrected chi connectivity index (χ4v) is 2.62. The van der Waals surface area contributed by atoms with Crippen LogP contribution in [0.5, 0.6) is 0 Å². The predicted octanol–water partition coefficient (Wildman–Crippen LogP) is 2.33. The Kier molecular flexibility index (Phi) is 3.54. The van der Waals surface area contributed by atoms with E-state index in [0.29, 0.717) is 24.0 Å². The quantitative estimate of drug-likeness (QED) is 0.928. The molecule has 1 amide bonds. The van der Waals surface area contributed by atoms with Gasteiger partial charge in [-0.25, -0.2) is 0 Å². The van der Waals surface area contributed by atoms with E-state index < -0.39 is 0 Å². The number of amides is 1. The summed E-state index contributed by atoms with van der Waals surface area (Å²) in [6, 6.07) is 3.55. The normalized spacial score (nSPS) is 15.7. The van der Waals surface area contributed by atoms with Gasteiger partial charge in [0, 0.05) is 19.2 Å². The molecule has 0 aromatic carbocycles. The van der Waals surface area contributed by atoms with Crippen LogP contribution in [0.2, 0.25) is 0 Å². The van der Waals surface area contributed by atoms with Crippen LogP contribution in [-0.2, 0) is 6.54 Å². The summed E-state index contributed by atoms with van der Waals surface area (Å²) in [6.45, 7) is 0.355. The Labute approximate surface area is 117 Å². The van der Waals surface area contributed by atoms with Gasteiger partial charge in [0.15, 0.2) is 5.82 Å². The number of aromatic amines is 1. The van der Waals surface area contributed by atoms with E-state index in [1.807, 2.05) is 0 Å². The van der Waals surface area contributed by atoms with E-state index in [2.05, 4.69) is 15.1 Å². The van der Waals surface area contributed by atoms with Gasteiger partial charge < -0.3 is 14.4 Å². The molecule has 106 valence electrons. The highest BCUT2D eigenvalue weighted by atomic mass is 16.5. The summed E-state index contributed by atoms with van der Waals surface area (Å²) >= 11 is 0. The molecule has 1 aliphatic rings. The van der Waals surface area contributed by atoms with Crippen LogP contribution < -0.4 is 0 Å². The highest BCUT2D eigenvalue weighted by Gasteiger charge is 2.23. The Bertz CT molecular complexity index is 570. The van der Waals surface area contributed by atoms with Crippen LogP contribution in [0.4, 0.5) is 0 Å². The van der Waals surface area contributed by atoms with Crippen molar-refractivity contribution >= 4 is 5.91 Å². The van der Waals surface area contributed by atoms with Gasteiger partial charge in [-0.1, -0.05) is 18.0 Å². The van der Waals surface area contributed by atoms with Gasteiger partial charge in [0.1, 0.15) is 5.69 Å². The van der Waals surface area contributed by atoms with E-state index in [9.17, 15) is 4.79 Å². The van der Waals surface area contributed by atoms with Crippen molar-refractivity contribution < 1.29 is 9.32 Å². The van der Waals surface area contributed by atoms with Crippen LogP contribution in [0.15, 0.2) is 22.9 Å². The topological polar surface area (TPSA) is 75.0 Å². The van der Waals surface area contributed by atoms with Gasteiger partial charge >= 0.3 is 0 Å². The Morgan fingerprint density at radius 2 is 2.30 bits per heavy atom. The number of rotatable bonds is 4. The van der Waals surface area contributed by atoms with E-state index in [1.165, 1.54) is 12.8 Å². The van der Waals surface area contributed by atoms with Crippen molar-refractivity contribution in [2.45, 2.75) is 38.1 Å². The van der Waals surface area contributed by atoms with Gasteiger partial charge in [-0.2, -0.15) is 4.98 Å². The molecule has 2 aromatic rings. The molecule has 0 atom stereocenters. The highest BCUT2D eigenvalue weighted by molar-refractivity contribution is 5.92. The van der Waals surface area contributed by atoms with E-state index >= 15 is 0 Å². The molecule has 6 nitrogen and oxygen atoms in total. The maximum absolute atomic E-state index is 12.1. The van der Waals surface area contributed by atoms with Crippen molar-refractivity contribution in [3.8, 4) is 0 Å². The Hall–Kier alpha value is -2.11. The van der Waals surface area contributed by atoms with Crippen molar-refractivity contribution in [3.05, 3.63) is 35.7 Å². The lowest BCUT2D eigenvalue weighted by atomic mass is 10.1. The molecular weight excluding hydrogens is 256 g/mol. The number of nitrogens with zero attached hydrogens (tertiary/aromatic N) is 3. The first kappa shape index (κ1) is 12.9. The fraction of sp³-hybridized carbons (Fsp3) is 0.500. The van der Waals surface area contributed by atoms with Gasteiger partial charge in [-0.15, -0.1) is 0 Å². The molecule has 3 rings (SSSR count). The van der Waals surface area contributed by atoms with Gasteiger partial charge in [0.05, 0.1) is 6.54 Å². The van der Waals surface area contributed by atoms with Crippen LogP contribution in [-0.4, -0.2) is 33.0 Å². The Morgan fingerprint density at radius 3 is 3.00 bits per heavy atom. The van der Waals surface area contributed by atoms with Gasteiger partial charge in [0.25, 0.3) is 5.91 Å². The van der Waals surface area contributed by atoms with Crippen LogP contribution in [0.25, 0.3) is 0 Å². The number of hydrogen-bond donors (Lipinski definition) is 1. The molecule has 0 unspecified atom stereocenters. The predicted molar refractivity (Wildman–Crippen MR) is 72.1 cm³/mol. The average molecular weight is 274 g/mol. The first-order chi connectivity index (χ1) is 9.74. The first-order valence-electron chi connectivity index (χ1n) is 6.95. The van der Waals surface area contributed by atoms with E-state index in [-0.39, 0.29) is 5.91 Å². The molecule has 1 N–H and O–H groups in total. The molecule has 1 fully saturated rings. The number of nitrogens with one attached hydrogen (secondary N) is 1. The van der Waals surface area contributed by atoms with Crippen LogP contribution in [0, 0.1) is 0 Å². The number of hydrogen-bond acceptors (Lipinski definition) is 4. The van der Waals surface area contributed by atoms with Gasteiger partial charge in [-0.3, -0.25) is 4.79 Å². The van der Waals surface area contributed by atoms with E-state index in [0.717, 1.165) is 18.7 Å². The van der Waals surface area contributed by atoms with Gasteiger partial charge in [0.2, 0.25) is 5.89 Å². The lowest BCUT2D eigenvalue weighted by Gasteiger charge is -2.13. The van der Waals surface area contributed by atoms with Crippen molar-refractivity contribution in [3.63, 3.8) is 0 Å². The number of carbonyl (C=O) groups excluding carboxylic acids is 1. The Balaban J connectivity index is 1.64. The molecule has 20 heavy (non-hydrogen) atoms. The minimum Gasteiger partial charge on any atom is -0.357 e. The third-order valence-electron chi connectivity index (χ3n) is 3.74. The molecule has 1 saturated carbocycles. The summed E-state index contributed by atoms with van der Waals surface area (Å²) in [4.78, 5) is 21.0. The summed E-state index contributed by atoms with van der Waals surface area (Å²) in [6.07, 6.45) is 6.44. The average Bonchev–Trinajstić information content (AvgIpc) is 3.19. The molecule has 0 spiro atoms. The fourth-order valence-electron chi connectivity index (χ4n) is 2.62. The third kappa shape index (κ3) is 2.59. The van der Waals surface area contributed by atoms with Crippen molar-refractivity contribution in [1.29, 1.82) is 0 Å². The smallest absolute Gasteiger partial charge is 0.270 e. The highest BCUT2D eigenvalue weighted by Crippen LogP contribution is 2.32. The zero-order chi connectivity index (χ0) is 13.9. The largest absolute Gasteiger partial charge is 0.357 e. The standard InChI is InChI=1S/C14H18N4O2/c1-18(14(19)11-7-4-8-15-11)9-12-16-13(20-17-12)10-5-2-3-6-10/h4,7-8,10,15H,2-3,5-6,9H2,1H3. The van der Waals surface area contributed by atoms with Crippen LogP contribution >= 0.6 is 0 Å². The molecule has 0 saturated heterocycles. The Morgan fingerprint density at radius 1 is 1.50 bits per heavy atom. The molecule has 1 aliphatic carbocycles. The molecular formula is C14H18N4O2. The van der Waals surface area contributed by atoms with Gasteiger partial charge in [-0.05, 0) is 25.0 Å². The minimum absolute atomic E-state index is 0.0813. The maximum atomic E-state index is 12.1.